The lowest BCUT2D eigenvalue weighted by Gasteiger charge is -2.42. The first-order valence-corrected chi connectivity index (χ1v) is 7.28. The number of hydrogen-bond donors (Lipinski definition) is 1. The Kier molecular flexibility index (Phi) is 2.35. The molecule has 6 nitrogen and oxygen atoms in total. The monoisotopic (exact) mass is 276 g/mol. The summed E-state index contributed by atoms with van der Waals surface area (Å²) in [5.41, 5.74) is 0. The minimum absolute atomic E-state index is 0.0783. The zero-order valence-corrected chi connectivity index (χ0v) is 11.0. The smallest absolute Gasteiger partial charge is 0.250 e. The van der Waals surface area contributed by atoms with Gasteiger partial charge in [-0.15, -0.1) is 0 Å². The van der Waals surface area contributed by atoms with Gasteiger partial charge in [-0.25, -0.2) is 0 Å². The summed E-state index contributed by atoms with van der Waals surface area (Å²) in [6, 6.07) is -0.910. The van der Waals surface area contributed by atoms with Crippen LogP contribution in [0.3, 0.4) is 0 Å². The lowest BCUT2D eigenvalue weighted by atomic mass is 9.59. The highest BCUT2D eigenvalue weighted by Gasteiger charge is 2.60. The molecule has 2 saturated heterocycles. The molecule has 4 amide bonds. The minimum atomic E-state index is -0.910. The van der Waals surface area contributed by atoms with E-state index < -0.39 is 17.9 Å². The van der Waals surface area contributed by atoms with E-state index in [-0.39, 0.29) is 41.9 Å². The van der Waals surface area contributed by atoms with Gasteiger partial charge >= 0.3 is 0 Å². The van der Waals surface area contributed by atoms with E-state index in [1.54, 1.807) is 0 Å². The van der Waals surface area contributed by atoms with Gasteiger partial charge in [0.1, 0.15) is 6.04 Å². The molecule has 2 bridgehead atoms. The average Bonchev–Trinajstić information content (AvgIpc) is 2.90. The van der Waals surface area contributed by atoms with Crippen LogP contribution in [0, 0.1) is 23.7 Å². The van der Waals surface area contributed by atoms with Crippen molar-refractivity contribution in [2.75, 3.05) is 0 Å². The predicted octanol–water partition coefficient (Wildman–Crippen LogP) is -0.177. The second-order valence-corrected chi connectivity index (χ2v) is 6.41. The van der Waals surface area contributed by atoms with E-state index in [4.69, 9.17) is 0 Å². The van der Waals surface area contributed by atoms with Gasteiger partial charge in [-0.2, -0.15) is 0 Å². The van der Waals surface area contributed by atoms with Gasteiger partial charge in [-0.05, 0) is 37.5 Å². The van der Waals surface area contributed by atoms with E-state index in [2.05, 4.69) is 5.32 Å². The Balaban J connectivity index is 1.69. The minimum Gasteiger partial charge on any atom is -0.295 e. The molecule has 5 rings (SSSR count). The molecule has 2 heterocycles. The number of imide groups is 2. The fourth-order valence-electron chi connectivity index (χ4n) is 4.65. The first kappa shape index (κ1) is 12.1. The van der Waals surface area contributed by atoms with Crippen LogP contribution in [0.5, 0.6) is 0 Å². The van der Waals surface area contributed by atoms with Crippen LogP contribution in [0.4, 0.5) is 0 Å². The molecular weight excluding hydrogens is 260 g/mol. The highest BCUT2D eigenvalue weighted by Crippen LogP contribution is 2.53. The van der Waals surface area contributed by atoms with Crippen molar-refractivity contribution in [3.8, 4) is 0 Å². The number of rotatable bonds is 1. The normalized spacial score (nSPS) is 43.2. The zero-order chi connectivity index (χ0) is 14.0. The van der Waals surface area contributed by atoms with E-state index in [9.17, 15) is 19.2 Å². The molecule has 0 spiro atoms. The first-order valence-electron chi connectivity index (χ1n) is 7.28. The van der Waals surface area contributed by atoms with Gasteiger partial charge in [0.2, 0.25) is 23.6 Å². The molecule has 3 aliphatic carbocycles. The summed E-state index contributed by atoms with van der Waals surface area (Å²) in [4.78, 5) is 49.4. The maximum Gasteiger partial charge on any atom is 0.250 e. The van der Waals surface area contributed by atoms with Crippen molar-refractivity contribution in [3.63, 3.8) is 0 Å². The lowest BCUT2D eigenvalue weighted by molar-refractivity contribution is -0.146. The number of amides is 4. The Morgan fingerprint density at radius 1 is 0.850 bits per heavy atom. The summed E-state index contributed by atoms with van der Waals surface area (Å²) in [6.45, 7) is 0. The Morgan fingerprint density at radius 3 is 1.75 bits per heavy atom. The van der Waals surface area contributed by atoms with Crippen LogP contribution in [-0.2, 0) is 19.2 Å². The summed E-state index contributed by atoms with van der Waals surface area (Å²) in [5.74, 6) is -1.26. The largest absolute Gasteiger partial charge is 0.295 e. The van der Waals surface area contributed by atoms with E-state index >= 15 is 0 Å². The van der Waals surface area contributed by atoms with Crippen molar-refractivity contribution in [1.82, 2.24) is 10.2 Å². The number of nitrogens with zero attached hydrogens (tertiary/aromatic N) is 1. The van der Waals surface area contributed by atoms with Gasteiger partial charge in [0, 0.05) is 0 Å². The van der Waals surface area contributed by atoms with E-state index in [1.807, 2.05) is 0 Å². The first-order chi connectivity index (χ1) is 9.58. The van der Waals surface area contributed by atoms with Gasteiger partial charge < -0.3 is 0 Å². The summed E-state index contributed by atoms with van der Waals surface area (Å²) in [5, 5.41) is 2.18. The summed E-state index contributed by atoms with van der Waals surface area (Å²) in [6.07, 6.45) is 3.96. The molecule has 20 heavy (non-hydrogen) atoms. The fraction of sp³-hybridized carbons (Fsp3) is 0.714. The Hall–Kier alpha value is -1.72. The average molecular weight is 276 g/mol. The van der Waals surface area contributed by atoms with Crippen molar-refractivity contribution < 1.29 is 19.2 Å². The number of fused-ring (bicyclic) bond motifs is 2. The molecule has 0 aromatic rings. The molecule has 2 aliphatic heterocycles. The van der Waals surface area contributed by atoms with Crippen molar-refractivity contribution in [2.24, 2.45) is 23.7 Å². The van der Waals surface area contributed by atoms with Crippen molar-refractivity contribution in [2.45, 2.75) is 38.1 Å². The van der Waals surface area contributed by atoms with Gasteiger partial charge in [0.25, 0.3) is 0 Å². The SMILES string of the molecule is O=C1C[C@@H](N2C(=O)[C@H]3C4CCC(CC4)[C@@H]3C2=O)C(=O)N1. The van der Waals surface area contributed by atoms with E-state index in [0.717, 1.165) is 30.6 Å². The Morgan fingerprint density at radius 2 is 1.35 bits per heavy atom. The van der Waals surface area contributed by atoms with Crippen LogP contribution in [0.15, 0.2) is 0 Å². The maximum absolute atomic E-state index is 12.6. The summed E-state index contributed by atoms with van der Waals surface area (Å²) >= 11 is 0. The third kappa shape index (κ3) is 1.39. The third-order valence-corrected chi connectivity index (χ3v) is 5.52. The Labute approximate surface area is 115 Å². The molecule has 0 aromatic heterocycles. The standard InChI is InChI=1S/C14H16N2O4/c17-9-5-8(12(18)15-9)16-13(19)10-6-1-2-7(4-3-6)11(10)14(16)20/h6-8,10-11H,1-5H2,(H,15,17,18)/t6?,7?,8-,10+,11+/m1/s1. The van der Waals surface area contributed by atoms with E-state index in [0.29, 0.717) is 0 Å². The fourth-order valence-corrected chi connectivity index (χ4v) is 4.65. The molecule has 3 saturated carbocycles. The molecule has 0 aromatic carbocycles. The van der Waals surface area contributed by atoms with Crippen molar-refractivity contribution in [3.05, 3.63) is 0 Å². The number of nitrogens with one attached hydrogen (secondary N) is 1. The molecule has 3 atom stereocenters. The van der Waals surface area contributed by atoms with Gasteiger partial charge in [0.15, 0.2) is 0 Å². The number of likely N-dealkylation sites (tertiary alicyclic amines) is 1. The van der Waals surface area contributed by atoms with Crippen LogP contribution in [-0.4, -0.2) is 34.6 Å². The van der Waals surface area contributed by atoms with Crippen LogP contribution in [0.1, 0.15) is 32.1 Å². The highest BCUT2D eigenvalue weighted by atomic mass is 16.2. The number of hydrogen-bond acceptors (Lipinski definition) is 4. The molecule has 5 aliphatic rings. The van der Waals surface area contributed by atoms with Crippen LogP contribution >= 0.6 is 0 Å². The molecule has 5 fully saturated rings. The van der Waals surface area contributed by atoms with E-state index in [1.165, 1.54) is 0 Å². The molecule has 106 valence electrons. The zero-order valence-electron chi connectivity index (χ0n) is 11.0. The maximum atomic E-state index is 12.6. The highest BCUT2D eigenvalue weighted by molar-refractivity contribution is 6.13. The van der Waals surface area contributed by atoms with Crippen molar-refractivity contribution >= 4 is 23.6 Å². The molecular formula is C14H16N2O4. The predicted molar refractivity (Wildman–Crippen MR) is 65.8 cm³/mol. The second kappa shape index (κ2) is 3.90. The molecule has 0 unspecified atom stereocenters. The topological polar surface area (TPSA) is 83.6 Å². The third-order valence-electron chi connectivity index (χ3n) is 5.52. The Bertz CT molecular complexity index is 505. The van der Waals surface area contributed by atoms with Gasteiger partial charge in [-0.3, -0.25) is 29.4 Å². The van der Waals surface area contributed by atoms with Gasteiger partial charge in [0.05, 0.1) is 18.3 Å². The number of carbonyl (C=O) groups excluding carboxylic acids is 4. The molecule has 0 radical (unpaired) electrons. The van der Waals surface area contributed by atoms with Crippen LogP contribution in [0.25, 0.3) is 0 Å². The lowest BCUT2D eigenvalue weighted by Crippen LogP contribution is -2.45. The van der Waals surface area contributed by atoms with Crippen LogP contribution in [0.2, 0.25) is 0 Å². The van der Waals surface area contributed by atoms with Crippen molar-refractivity contribution in [1.29, 1.82) is 0 Å². The second-order valence-electron chi connectivity index (χ2n) is 6.41. The molecule has 6 heteroatoms. The summed E-state index contributed by atoms with van der Waals surface area (Å²) < 4.78 is 0. The molecule has 1 N–H and O–H groups in total. The number of carbonyl (C=O) groups is 4. The van der Waals surface area contributed by atoms with Crippen LogP contribution < -0.4 is 5.32 Å². The quantitative estimate of drug-likeness (QED) is 0.674. The summed E-state index contributed by atoms with van der Waals surface area (Å²) in [7, 11) is 0. The van der Waals surface area contributed by atoms with Gasteiger partial charge in [-0.1, -0.05) is 0 Å².